The highest BCUT2D eigenvalue weighted by Gasteiger charge is 2.07. The van der Waals surface area contributed by atoms with Crippen molar-refractivity contribution < 1.29 is 13.9 Å². The molecule has 0 saturated carbocycles. The summed E-state index contributed by atoms with van der Waals surface area (Å²) in [6.07, 6.45) is 5.03. The first kappa shape index (κ1) is 22.5. The van der Waals surface area contributed by atoms with Crippen LogP contribution in [0.3, 0.4) is 0 Å². The molecule has 3 nitrogen and oxygen atoms in total. The summed E-state index contributed by atoms with van der Waals surface area (Å²) < 4.78 is 24.5. The van der Waals surface area contributed by atoms with Crippen molar-refractivity contribution in [3.63, 3.8) is 0 Å². The molecular formula is C21H18F2N2O. The molecule has 0 saturated heterocycles. The molecule has 0 fully saturated rings. The van der Waals surface area contributed by atoms with Gasteiger partial charge < -0.3 is 5.11 Å². The van der Waals surface area contributed by atoms with Gasteiger partial charge in [-0.05, 0) is 55.8 Å². The van der Waals surface area contributed by atoms with Crippen LogP contribution in [-0.2, 0) is 0 Å². The Morgan fingerprint density at radius 2 is 1.38 bits per heavy atom. The number of terminal acetylenes is 1. The van der Waals surface area contributed by atoms with E-state index in [2.05, 4.69) is 12.5 Å². The van der Waals surface area contributed by atoms with Gasteiger partial charge in [-0.1, -0.05) is 24.6 Å². The number of rotatable bonds is 1. The Kier molecular flexibility index (Phi) is 9.67. The molecule has 0 amide bonds. The van der Waals surface area contributed by atoms with E-state index in [1.165, 1.54) is 50.2 Å². The van der Waals surface area contributed by atoms with E-state index >= 15 is 0 Å². The van der Waals surface area contributed by atoms with E-state index in [4.69, 9.17) is 22.1 Å². The number of hydrogen-bond acceptors (Lipinski definition) is 3. The molecule has 2 aromatic rings. The zero-order chi connectivity index (χ0) is 20.2. The highest BCUT2D eigenvalue weighted by atomic mass is 19.1. The lowest BCUT2D eigenvalue weighted by atomic mass is 10.1. The summed E-state index contributed by atoms with van der Waals surface area (Å²) in [4.78, 5) is 0. The van der Waals surface area contributed by atoms with Crippen molar-refractivity contribution in [1.82, 2.24) is 0 Å². The number of allylic oxidation sites excluding steroid dienone is 1. The van der Waals surface area contributed by atoms with Crippen LogP contribution in [0, 0.1) is 46.6 Å². The zero-order valence-corrected chi connectivity index (χ0v) is 14.5. The van der Waals surface area contributed by atoms with Gasteiger partial charge >= 0.3 is 0 Å². The Morgan fingerprint density at radius 3 is 1.69 bits per heavy atom. The Labute approximate surface area is 152 Å². The topological polar surface area (TPSA) is 67.8 Å². The molecule has 0 spiro atoms. The summed E-state index contributed by atoms with van der Waals surface area (Å²) >= 11 is 0. The minimum Gasteiger partial charge on any atom is -0.376 e. The summed E-state index contributed by atoms with van der Waals surface area (Å²) in [5.74, 6) is 1.83. The average molecular weight is 352 g/mol. The van der Waals surface area contributed by atoms with Gasteiger partial charge in [0.25, 0.3) is 0 Å². The first-order valence-electron chi connectivity index (χ1n) is 7.33. The third-order valence-electron chi connectivity index (χ3n) is 2.61. The quantitative estimate of drug-likeness (QED) is 0.468. The Morgan fingerprint density at radius 1 is 1.00 bits per heavy atom. The highest BCUT2D eigenvalue weighted by Crippen LogP contribution is 2.11. The molecular weight excluding hydrogens is 334 g/mol. The fourth-order valence-corrected chi connectivity index (χ4v) is 1.26. The number of benzene rings is 2. The number of nitrogens with zero attached hydrogens (tertiary/aromatic N) is 2. The Hall–Kier alpha value is -3.46. The van der Waals surface area contributed by atoms with Gasteiger partial charge in [-0.15, -0.1) is 6.42 Å². The molecule has 132 valence electrons. The van der Waals surface area contributed by atoms with Gasteiger partial charge in [0.15, 0.2) is 0 Å². The van der Waals surface area contributed by atoms with Crippen molar-refractivity contribution in [1.29, 1.82) is 10.5 Å². The lowest BCUT2D eigenvalue weighted by Gasteiger charge is -2.00. The standard InChI is InChI=1S/C9H6FN.C8H5F.C4H7NO/c1-7(6-11)8-2-4-9(10)5-3-8;1-2-7-3-5-8(9)6-4-7;1-4(2,6)3-5/h2-5H,1H2;1,3-6H;6H,1-2H3. The van der Waals surface area contributed by atoms with E-state index in [-0.39, 0.29) is 11.6 Å². The number of halogens is 2. The molecule has 0 aliphatic rings. The van der Waals surface area contributed by atoms with Gasteiger partial charge in [0.2, 0.25) is 0 Å². The van der Waals surface area contributed by atoms with Crippen LogP contribution in [0.5, 0.6) is 0 Å². The average Bonchev–Trinajstić information content (AvgIpc) is 2.63. The molecule has 0 aliphatic carbocycles. The van der Waals surface area contributed by atoms with Gasteiger partial charge in [-0.25, -0.2) is 8.78 Å². The third-order valence-corrected chi connectivity index (χ3v) is 2.61. The maximum absolute atomic E-state index is 12.3. The van der Waals surface area contributed by atoms with Crippen LogP contribution >= 0.6 is 0 Å². The SMILES string of the molecule is C#Cc1ccc(F)cc1.C=C(C#N)c1ccc(F)cc1.CC(C)(O)C#N. The number of hydrogen-bond donors (Lipinski definition) is 1. The number of nitriles is 2. The summed E-state index contributed by atoms with van der Waals surface area (Å²) in [5.41, 5.74) is 0.565. The largest absolute Gasteiger partial charge is 0.376 e. The smallest absolute Gasteiger partial charge is 0.145 e. The molecule has 0 heterocycles. The van der Waals surface area contributed by atoms with Crippen LogP contribution in [0.2, 0.25) is 0 Å². The maximum atomic E-state index is 12.3. The summed E-state index contributed by atoms with van der Waals surface area (Å²) in [6, 6.07) is 15.0. The molecule has 0 bridgehead atoms. The van der Waals surface area contributed by atoms with E-state index in [1.807, 2.05) is 6.07 Å². The second-order valence-corrected chi connectivity index (χ2v) is 5.42. The van der Waals surface area contributed by atoms with Crippen molar-refractivity contribution in [3.05, 3.63) is 77.9 Å². The minimum absolute atomic E-state index is 0.256. The van der Waals surface area contributed by atoms with E-state index in [0.717, 1.165) is 0 Å². The zero-order valence-electron chi connectivity index (χ0n) is 14.5. The van der Waals surface area contributed by atoms with E-state index in [9.17, 15) is 8.78 Å². The van der Waals surface area contributed by atoms with E-state index in [1.54, 1.807) is 18.2 Å². The first-order valence-corrected chi connectivity index (χ1v) is 7.33. The lowest BCUT2D eigenvalue weighted by molar-refractivity contribution is 0.141. The second kappa shape index (κ2) is 11.2. The van der Waals surface area contributed by atoms with E-state index in [0.29, 0.717) is 16.7 Å². The van der Waals surface area contributed by atoms with Gasteiger partial charge in [0.1, 0.15) is 17.2 Å². The molecule has 5 heteroatoms. The van der Waals surface area contributed by atoms with Crippen molar-refractivity contribution in [2.45, 2.75) is 19.4 Å². The summed E-state index contributed by atoms with van der Waals surface area (Å²) in [5, 5.41) is 24.8. The molecule has 1 N–H and O–H groups in total. The van der Waals surface area contributed by atoms with Gasteiger partial charge in [0.05, 0.1) is 17.7 Å². The Bertz CT molecular complexity index is 829. The lowest BCUT2D eigenvalue weighted by Crippen LogP contribution is -2.13. The van der Waals surface area contributed by atoms with Crippen molar-refractivity contribution >= 4 is 5.57 Å². The van der Waals surface area contributed by atoms with Crippen LogP contribution in [0.25, 0.3) is 5.57 Å². The van der Waals surface area contributed by atoms with Gasteiger partial charge in [-0.3, -0.25) is 0 Å². The maximum Gasteiger partial charge on any atom is 0.145 e. The van der Waals surface area contributed by atoms with Crippen molar-refractivity contribution in [2.24, 2.45) is 0 Å². The summed E-state index contributed by atoms with van der Waals surface area (Å²) in [6.45, 7) is 6.36. The molecule has 0 aliphatic heterocycles. The molecule has 2 rings (SSSR count). The molecule has 0 aromatic heterocycles. The van der Waals surface area contributed by atoms with Gasteiger partial charge in [-0.2, -0.15) is 10.5 Å². The predicted molar refractivity (Wildman–Crippen MR) is 97.3 cm³/mol. The molecule has 2 aromatic carbocycles. The fourth-order valence-electron chi connectivity index (χ4n) is 1.26. The van der Waals surface area contributed by atoms with Crippen molar-refractivity contribution in [2.75, 3.05) is 0 Å². The first-order chi connectivity index (χ1) is 12.1. The van der Waals surface area contributed by atoms with Crippen LogP contribution in [-0.4, -0.2) is 10.7 Å². The van der Waals surface area contributed by atoms with Crippen LogP contribution in [0.15, 0.2) is 55.1 Å². The fraction of sp³-hybridized carbons (Fsp3) is 0.143. The summed E-state index contributed by atoms with van der Waals surface area (Å²) in [7, 11) is 0. The predicted octanol–water partition coefficient (Wildman–Crippen LogP) is 4.45. The molecule has 0 atom stereocenters. The van der Waals surface area contributed by atoms with E-state index < -0.39 is 5.60 Å². The second-order valence-electron chi connectivity index (χ2n) is 5.42. The Balaban J connectivity index is 0.000000378. The number of aliphatic hydroxyl groups is 1. The molecule has 0 radical (unpaired) electrons. The van der Waals surface area contributed by atoms with Crippen molar-refractivity contribution in [3.8, 4) is 24.5 Å². The minimum atomic E-state index is -1.15. The highest BCUT2D eigenvalue weighted by molar-refractivity contribution is 5.74. The van der Waals surface area contributed by atoms with Crippen LogP contribution in [0.4, 0.5) is 8.78 Å². The third kappa shape index (κ3) is 10.3. The van der Waals surface area contributed by atoms with Gasteiger partial charge in [0, 0.05) is 5.56 Å². The van der Waals surface area contributed by atoms with Crippen LogP contribution in [0.1, 0.15) is 25.0 Å². The normalized spacial score (nSPS) is 9.00. The monoisotopic (exact) mass is 352 g/mol. The van der Waals surface area contributed by atoms with Crippen LogP contribution < -0.4 is 0 Å². The molecule has 26 heavy (non-hydrogen) atoms. The molecule has 0 unspecified atom stereocenters.